The van der Waals surface area contributed by atoms with Gasteiger partial charge in [0.1, 0.15) is 5.52 Å². The van der Waals surface area contributed by atoms with Gasteiger partial charge in [0.15, 0.2) is 5.58 Å². The van der Waals surface area contributed by atoms with E-state index in [4.69, 9.17) is 10.2 Å². The van der Waals surface area contributed by atoms with Gasteiger partial charge in [-0.15, -0.1) is 0 Å². The molecule has 2 N–H and O–H groups in total. The first-order chi connectivity index (χ1) is 7.78. The first-order valence-corrected chi connectivity index (χ1v) is 5.93. The van der Waals surface area contributed by atoms with Crippen molar-refractivity contribution < 1.29 is 4.42 Å². The molecular formula is C13H16N2O. The van der Waals surface area contributed by atoms with Crippen LogP contribution >= 0.6 is 0 Å². The molecule has 2 aromatic rings. The molecular weight excluding hydrogens is 200 g/mol. The van der Waals surface area contributed by atoms with Crippen LogP contribution in [0.4, 0.5) is 0 Å². The molecule has 0 spiro atoms. The number of nitrogens with zero attached hydrogens (tertiary/aromatic N) is 1. The van der Waals surface area contributed by atoms with Crippen LogP contribution in [0.3, 0.4) is 0 Å². The summed E-state index contributed by atoms with van der Waals surface area (Å²) in [6.07, 6.45) is 5.60. The minimum atomic E-state index is -0.336. The Hall–Kier alpha value is -1.35. The van der Waals surface area contributed by atoms with E-state index in [1.54, 1.807) is 0 Å². The maximum Gasteiger partial charge on any atom is 0.215 e. The van der Waals surface area contributed by atoms with Crippen molar-refractivity contribution in [3.05, 3.63) is 30.2 Å². The number of rotatable bonds is 1. The van der Waals surface area contributed by atoms with Gasteiger partial charge in [-0.25, -0.2) is 4.98 Å². The van der Waals surface area contributed by atoms with E-state index in [1.807, 2.05) is 24.3 Å². The van der Waals surface area contributed by atoms with Crippen LogP contribution in [0.15, 0.2) is 28.7 Å². The van der Waals surface area contributed by atoms with Crippen molar-refractivity contribution in [1.82, 2.24) is 4.98 Å². The first-order valence-electron chi connectivity index (χ1n) is 5.93. The van der Waals surface area contributed by atoms with Crippen LogP contribution < -0.4 is 5.73 Å². The number of hydrogen-bond donors (Lipinski definition) is 1. The fraction of sp³-hybridized carbons (Fsp3) is 0.462. The maximum absolute atomic E-state index is 6.39. The van der Waals surface area contributed by atoms with Crippen molar-refractivity contribution in [2.75, 3.05) is 0 Å². The van der Waals surface area contributed by atoms with Gasteiger partial charge in [-0.1, -0.05) is 31.4 Å². The summed E-state index contributed by atoms with van der Waals surface area (Å²) in [4.78, 5) is 4.52. The van der Waals surface area contributed by atoms with E-state index >= 15 is 0 Å². The number of hydrogen-bond acceptors (Lipinski definition) is 3. The molecule has 1 aliphatic carbocycles. The lowest BCUT2D eigenvalue weighted by Crippen LogP contribution is -2.38. The Morgan fingerprint density at radius 3 is 2.62 bits per heavy atom. The predicted molar refractivity (Wildman–Crippen MR) is 63.0 cm³/mol. The molecule has 3 nitrogen and oxygen atoms in total. The van der Waals surface area contributed by atoms with Gasteiger partial charge in [0, 0.05) is 0 Å². The van der Waals surface area contributed by atoms with Gasteiger partial charge in [0.2, 0.25) is 5.89 Å². The smallest absolute Gasteiger partial charge is 0.215 e. The van der Waals surface area contributed by atoms with E-state index in [1.165, 1.54) is 19.3 Å². The van der Waals surface area contributed by atoms with Crippen LogP contribution in [0.1, 0.15) is 38.0 Å². The van der Waals surface area contributed by atoms with E-state index in [2.05, 4.69) is 4.98 Å². The molecule has 0 amide bonds. The van der Waals surface area contributed by atoms with Crippen LogP contribution in [0.25, 0.3) is 11.1 Å². The number of oxazole rings is 1. The summed E-state index contributed by atoms with van der Waals surface area (Å²) in [7, 11) is 0. The van der Waals surface area contributed by atoms with E-state index in [0.717, 1.165) is 23.9 Å². The van der Waals surface area contributed by atoms with Gasteiger partial charge in [0.25, 0.3) is 0 Å². The Morgan fingerprint density at radius 2 is 1.88 bits per heavy atom. The van der Waals surface area contributed by atoms with Crippen molar-refractivity contribution in [2.45, 2.75) is 37.6 Å². The van der Waals surface area contributed by atoms with Crippen molar-refractivity contribution in [3.63, 3.8) is 0 Å². The minimum Gasteiger partial charge on any atom is -0.439 e. The second-order valence-corrected chi connectivity index (χ2v) is 4.70. The number of benzene rings is 1. The highest BCUT2D eigenvalue weighted by atomic mass is 16.4. The van der Waals surface area contributed by atoms with Gasteiger partial charge in [-0.2, -0.15) is 0 Å². The third-order valence-corrected chi connectivity index (χ3v) is 3.47. The number of nitrogens with two attached hydrogens (primary N) is 1. The van der Waals surface area contributed by atoms with Crippen molar-refractivity contribution in [3.8, 4) is 0 Å². The zero-order chi connectivity index (χ0) is 11.0. The quantitative estimate of drug-likeness (QED) is 0.797. The van der Waals surface area contributed by atoms with Crippen molar-refractivity contribution in [1.29, 1.82) is 0 Å². The maximum atomic E-state index is 6.39. The summed E-state index contributed by atoms with van der Waals surface area (Å²) in [5.74, 6) is 0.716. The fourth-order valence-electron chi connectivity index (χ4n) is 2.48. The Labute approximate surface area is 94.7 Å². The molecule has 1 aromatic heterocycles. The molecule has 0 atom stereocenters. The average Bonchev–Trinajstić information content (AvgIpc) is 2.74. The first kappa shape index (κ1) is 9.85. The van der Waals surface area contributed by atoms with E-state index in [9.17, 15) is 0 Å². The summed E-state index contributed by atoms with van der Waals surface area (Å²) in [6, 6.07) is 7.84. The molecule has 0 bridgehead atoms. The molecule has 1 aliphatic rings. The van der Waals surface area contributed by atoms with Crippen LogP contribution in [0.5, 0.6) is 0 Å². The summed E-state index contributed by atoms with van der Waals surface area (Å²) in [6.45, 7) is 0. The van der Waals surface area contributed by atoms with Crippen molar-refractivity contribution >= 4 is 11.1 Å². The highest BCUT2D eigenvalue weighted by Crippen LogP contribution is 2.35. The van der Waals surface area contributed by atoms with Gasteiger partial charge < -0.3 is 10.2 Å². The third kappa shape index (κ3) is 1.52. The molecule has 84 valence electrons. The molecule has 3 heteroatoms. The molecule has 3 rings (SSSR count). The lowest BCUT2D eigenvalue weighted by atomic mass is 9.82. The largest absolute Gasteiger partial charge is 0.439 e. The molecule has 1 aromatic carbocycles. The van der Waals surface area contributed by atoms with Crippen molar-refractivity contribution in [2.24, 2.45) is 5.73 Å². The zero-order valence-electron chi connectivity index (χ0n) is 9.28. The SMILES string of the molecule is NC1(c2nc3ccccc3o2)CCCCC1. The Morgan fingerprint density at radius 1 is 1.12 bits per heavy atom. The average molecular weight is 216 g/mol. The highest BCUT2D eigenvalue weighted by Gasteiger charge is 2.34. The Kier molecular flexibility index (Phi) is 2.21. The van der Waals surface area contributed by atoms with E-state index in [-0.39, 0.29) is 5.54 Å². The van der Waals surface area contributed by atoms with Crippen LogP contribution in [-0.4, -0.2) is 4.98 Å². The van der Waals surface area contributed by atoms with Gasteiger partial charge >= 0.3 is 0 Å². The van der Waals surface area contributed by atoms with Gasteiger partial charge in [-0.05, 0) is 25.0 Å². The zero-order valence-corrected chi connectivity index (χ0v) is 9.28. The molecule has 0 saturated heterocycles. The highest BCUT2D eigenvalue weighted by molar-refractivity contribution is 5.72. The molecule has 0 unspecified atom stereocenters. The molecule has 1 fully saturated rings. The van der Waals surface area contributed by atoms with Crippen LogP contribution in [0, 0.1) is 0 Å². The fourth-order valence-corrected chi connectivity index (χ4v) is 2.48. The summed E-state index contributed by atoms with van der Waals surface area (Å²) < 4.78 is 5.77. The normalized spacial score (nSPS) is 20.1. The molecule has 1 heterocycles. The Balaban J connectivity index is 2.04. The number of para-hydroxylation sites is 2. The van der Waals surface area contributed by atoms with Crippen LogP contribution in [0.2, 0.25) is 0 Å². The van der Waals surface area contributed by atoms with E-state index in [0.29, 0.717) is 5.89 Å². The topological polar surface area (TPSA) is 52.0 Å². The number of aromatic nitrogens is 1. The second kappa shape index (κ2) is 3.59. The predicted octanol–water partition coefficient (Wildman–Crippen LogP) is 2.95. The monoisotopic (exact) mass is 216 g/mol. The van der Waals surface area contributed by atoms with Gasteiger partial charge in [-0.3, -0.25) is 0 Å². The minimum absolute atomic E-state index is 0.336. The number of fused-ring (bicyclic) bond motifs is 1. The molecule has 0 aliphatic heterocycles. The lowest BCUT2D eigenvalue weighted by Gasteiger charge is -2.29. The van der Waals surface area contributed by atoms with Crippen LogP contribution in [-0.2, 0) is 5.54 Å². The molecule has 0 radical (unpaired) electrons. The second-order valence-electron chi connectivity index (χ2n) is 4.70. The summed E-state index contributed by atoms with van der Waals surface area (Å²) in [5, 5.41) is 0. The summed E-state index contributed by atoms with van der Waals surface area (Å²) >= 11 is 0. The standard InChI is InChI=1S/C13H16N2O/c14-13(8-4-1-5-9-13)12-15-10-6-2-3-7-11(10)16-12/h2-3,6-7H,1,4-5,8-9,14H2. The van der Waals surface area contributed by atoms with Gasteiger partial charge in [0.05, 0.1) is 5.54 Å². The van der Waals surface area contributed by atoms with E-state index < -0.39 is 0 Å². The molecule has 16 heavy (non-hydrogen) atoms. The molecule has 1 saturated carbocycles. The third-order valence-electron chi connectivity index (χ3n) is 3.47. The lowest BCUT2D eigenvalue weighted by molar-refractivity contribution is 0.248. The summed E-state index contributed by atoms with van der Waals surface area (Å²) in [5.41, 5.74) is 7.80. The Bertz CT molecular complexity index is 464.